The molecular formula is C14H17BrN2O. The molecule has 1 aromatic carbocycles. The van der Waals surface area contributed by atoms with Crippen molar-refractivity contribution in [1.29, 1.82) is 0 Å². The Hall–Kier alpha value is -1.26. The van der Waals surface area contributed by atoms with Crippen molar-refractivity contribution in [3.8, 4) is 0 Å². The first-order valence-electron chi connectivity index (χ1n) is 6.03. The molecule has 2 rings (SSSR count). The highest BCUT2D eigenvalue weighted by atomic mass is 79.9. The average molecular weight is 309 g/mol. The van der Waals surface area contributed by atoms with E-state index in [4.69, 9.17) is 10.2 Å². The first-order valence-corrected chi connectivity index (χ1v) is 6.83. The first kappa shape index (κ1) is 13.2. The van der Waals surface area contributed by atoms with Gasteiger partial charge in [-0.05, 0) is 30.3 Å². The van der Waals surface area contributed by atoms with Gasteiger partial charge in [-0.25, -0.2) is 0 Å². The lowest BCUT2D eigenvalue weighted by Crippen LogP contribution is -2.20. The van der Waals surface area contributed by atoms with E-state index < -0.39 is 0 Å². The number of nitrogens with one attached hydrogen (secondary N) is 1. The van der Waals surface area contributed by atoms with Gasteiger partial charge in [0.2, 0.25) is 0 Å². The third kappa shape index (κ3) is 3.15. The van der Waals surface area contributed by atoms with Crippen LogP contribution in [0.15, 0.2) is 45.3 Å². The number of benzene rings is 1. The molecule has 4 heteroatoms. The van der Waals surface area contributed by atoms with Crippen LogP contribution in [0.5, 0.6) is 0 Å². The summed E-state index contributed by atoms with van der Waals surface area (Å²) in [7, 11) is 0. The topological polar surface area (TPSA) is 51.2 Å². The maximum Gasteiger partial charge on any atom is 0.127 e. The van der Waals surface area contributed by atoms with Gasteiger partial charge in [-0.3, -0.25) is 0 Å². The van der Waals surface area contributed by atoms with E-state index in [0.29, 0.717) is 6.54 Å². The number of hydrogen-bond acceptors (Lipinski definition) is 3. The number of furan rings is 1. The number of halogens is 1. The number of anilines is 1. The van der Waals surface area contributed by atoms with Crippen molar-refractivity contribution < 1.29 is 4.42 Å². The minimum atomic E-state index is -0.000370. The lowest BCUT2D eigenvalue weighted by Gasteiger charge is -2.16. The van der Waals surface area contributed by atoms with Gasteiger partial charge in [0.25, 0.3) is 0 Å². The summed E-state index contributed by atoms with van der Waals surface area (Å²) in [5.74, 6) is 1.87. The van der Waals surface area contributed by atoms with Gasteiger partial charge in [0.05, 0.1) is 6.04 Å². The molecule has 0 saturated heterocycles. The van der Waals surface area contributed by atoms with E-state index in [1.165, 1.54) is 0 Å². The Balaban J connectivity index is 2.14. The quantitative estimate of drug-likeness (QED) is 0.885. The minimum Gasteiger partial charge on any atom is -0.464 e. The van der Waals surface area contributed by atoms with Crippen molar-refractivity contribution in [2.45, 2.75) is 19.4 Å². The Morgan fingerprint density at radius 3 is 2.78 bits per heavy atom. The highest BCUT2D eigenvalue weighted by molar-refractivity contribution is 9.10. The smallest absolute Gasteiger partial charge is 0.127 e. The number of aryl methyl sites for hydroxylation is 1. The maximum atomic E-state index is 5.81. The van der Waals surface area contributed by atoms with E-state index >= 15 is 0 Å². The van der Waals surface area contributed by atoms with E-state index in [9.17, 15) is 0 Å². The number of rotatable bonds is 5. The van der Waals surface area contributed by atoms with Gasteiger partial charge in [-0.15, -0.1) is 0 Å². The monoisotopic (exact) mass is 308 g/mol. The fourth-order valence-electron chi connectivity index (χ4n) is 1.80. The fourth-order valence-corrected chi connectivity index (χ4v) is 2.20. The molecule has 0 amide bonds. The van der Waals surface area contributed by atoms with E-state index in [1.807, 2.05) is 36.4 Å². The fraction of sp³-hybridized carbons (Fsp3) is 0.286. The van der Waals surface area contributed by atoms with Gasteiger partial charge in [0, 0.05) is 23.1 Å². The SMILES string of the molecule is CCc1ccc(C(CN)Nc2cccc(Br)c2)o1. The Kier molecular flexibility index (Phi) is 4.44. The third-order valence-corrected chi connectivity index (χ3v) is 3.27. The van der Waals surface area contributed by atoms with Crippen molar-refractivity contribution >= 4 is 21.6 Å². The second-order valence-electron chi connectivity index (χ2n) is 4.10. The molecule has 0 fully saturated rings. The molecule has 0 spiro atoms. The zero-order chi connectivity index (χ0) is 13.0. The normalized spacial score (nSPS) is 12.4. The van der Waals surface area contributed by atoms with Gasteiger partial charge >= 0.3 is 0 Å². The van der Waals surface area contributed by atoms with Crippen LogP contribution in [0.3, 0.4) is 0 Å². The molecule has 1 aromatic heterocycles. The van der Waals surface area contributed by atoms with Gasteiger partial charge in [-0.1, -0.05) is 28.9 Å². The lowest BCUT2D eigenvalue weighted by molar-refractivity contribution is 0.448. The molecule has 0 aliphatic carbocycles. The zero-order valence-electron chi connectivity index (χ0n) is 10.3. The predicted molar refractivity (Wildman–Crippen MR) is 77.6 cm³/mol. The molecule has 0 aliphatic heterocycles. The molecule has 1 unspecified atom stereocenters. The molecule has 1 heterocycles. The molecule has 0 bridgehead atoms. The summed E-state index contributed by atoms with van der Waals surface area (Å²) >= 11 is 3.45. The summed E-state index contributed by atoms with van der Waals surface area (Å²) in [6, 6.07) is 12.0. The lowest BCUT2D eigenvalue weighted by atomic mass is 10.2. The molecule has 2 aromatic rings. The molecule has 3 nitrogen and oxygen atoms in total. The summed E-state index contributed by atoms with van der Waals surface area (Å²) < 4.78 is 6.77. The van der Waals surface area contributed by atoms with Crippen molar-refractivity contribution in [3.63, 3.8) is 0 Å². The summed E-state index contributed by atoms with van der Waals surface area (Å²) in [6.45, 7) is 2.56. The summed E-state index contributed by atoms with van der Waals surface area (Å²) in [4.78, 5) is 0. The van der Waals surface area contributed by atoms with Gasteiger partial charge in [0.1, 0.15) is 11.5 Å². The van der Waals surface area contributed by atoms with Crippen LogP contribution in [-0.2, 0) is 6.42 Å². The molecule has 96 valence electrons. The predicted octanol–water partition coefficient (Wildman–Crippen LogP) is 3.72. The summed E-state index contributed by atoms with van der Waals surface area (Å²) in [5.41, 5.74) is 6.83. The molecule has 1 atom stereocenters. The standard InChI is InChI=1S/C14H17BrN2O/c1-2-12-6-7-14(18-12)13(9-16)17-11-5-3-4-10(15)8-11/h3-8,13,17H,2,9,16H2,1H3. The second kappa shape index (κ2) is 6.07. The Morgan fingerprint density at radius 1 is 1.33 bits per heavy atom. The molecular weight excluding hydrogens is 292 g/mol. The van der Waals surface area contributed by atoms with Crippen molar-refractivity contribution in [1.82, 2.24) is 0 Å². The maximum absolute atomic E-state index is 5.81. The first-order chi connectivity index (χ1) is 8.72. The van der Waals surface area contributed by atoms with Crippen LogP contribution >= 0.6 is 15.9 Å². The van der Waals surface area contributed by atoms with Gasteiger partial charge in [-0.2, -0.15) is 0 Å². The van der Waals surface area contributed by atoms with E-state index in [-0.39, 0.29) is 6.04 Å². The largest absolute Gasteiger partial charge is 0.464 e. The van der Waals surface area contributed by atoms with Crippen molar-refractivity contribution in [3.05, 3.63) is 52.4 Å². The Morgan fingerprint density at radius 2 is 2.17 bits per heavy atom. The van der Waals surface area contributed by atoms with Crippen molar-refractivity contribution in [2.24, 2.45) is 5.73 Å². The molecule has 0 aliphatic rings. The van der Waals surface area contributed by atoms with Crippen LogP contribution in [0.2, 0.25) is 0 Å². The van der Waals surface area contributed by atoms with Crippen molar-refractivity contribution in [2.75, 3.05) is 11.9 Å². The summed E-state index contributed by atoms with van der Waals surface area (Å²) in [5, 5.41) is 3.37. The molecule has 0 saturated carbocycles. The van der Waals surface area contributed by atoms with E-state index in [2.05, 4.69) is 28.2 Å². The van der Waals surface area contributed by atoms with Crippen LogP contribution in [0, 0.1) is 0 Å². The minimum absolute atomic E-state index is 0.000370. The molecule has 0 radical (unpaired) electrons. The highest BCUT2D eigenvalue weighted by Crippen LogP contribution is 2.23. The summed E-state index contributed by atoms with van der Waals surface area (Å²) in [6.07, 6.45) is 0.897. The van der Waals surface area contributed by atoms with Crippen LogP contribution in [-0.4, -0.2) is 6.54 Å². The molecule has 18 heavy (non-hydrogen) atoms. The van der Waals surface area contributed by atoms with Crippen LogP contribution in [0.25, 0.3) is 0 Å². The van der Waals surface area contributed by atoms with Crippen LogP contribution in [0.4, 0.5) is 5.69 Å². The highest BCUT2D eigenvalue weighted by Gasteiger charge is 2.13. The average Bonchev–Trinajstić information content (AvgIpc) is 2.84. The molecule has 3 N–H and O–H groups in total. The van der Waals surface area contributed by atoms with Gasteiger partial charge in [0.15, 0.2) is 0 Å². The van der Waals surface area contributed by atoms with Crippen LogP contribution < -0.4 is 11.1 Å². The van der Waals surface area contributed by atoms with E-state index in [0.717, 1.165) is 28.1 Å². The second-order valence-corrected chi connectivity index (χ2v) is 5.02. The zero-order valence-corrected chi connectivity index (χ0v) is 11.9. The number of nitrogens with two attached hydrogens (primary N) is 1. The van der Waals surface area contributed by atoms with E-state index in [1.54, 1.807) is 0 Å². The van der Waals surface area contributed by atoms with Crippen LogP contribution in [0.1, 0.15) is 24.5 Å². The Bertz CT molecular complexity index is 510. The third-order valence-electron chi connectivity index (χ3n) is 2.78. The van der Waals surface area contributed by atoms with Gasteiger partial charge < -0.3 is 15.5 Å². The Labute approximate surface area is 115 Å². The number of hydrogen-bond donors (Lipinski definition) is 2.